The third-order valence-corrected chi connectivity index (χ3v) is 11.5. The molecule has 0 amide bonds. The summed E-state index contributed by atoms with van der Waals surface area (Å²) >= 11 is 0. The fraction of sp³-hybridized carbons (Fsp3) is 0.419. The Morgan fingerprint density at radius 1 is 0.881 bits per heavy atom. The van der Waals surface area contributed by atoms with E-state index < -0.39 is 30.0 Å². The van der Waals surface area contributed by atoms with E-state index in [-0.39, 0.29) is 17.6 Å². The van der Waals surface area contributed by atoms with Gasteiger partial charge < -0.3 is 14.5 Å². The average Bonchev–Trinajstić information content (AvgIpc) is 2.96. The van der Waals surface area contributed by atoms with Gasteiger partial charge in [0.1, 0.15) is 16.8 Å². The van der Waals surface area contributed by atoms with Crippen molar-refractivity contribution in [1.82, 2.24) is 9.80 Å². The molecule has 5 aliphatic heterocycles. The number of benzene rings is 1. The minimum Gasteiger partial charge on any atom is -0.484 e. The number of piperidine rings is 1. The van der Waals surface area contributed by atoms with Crippen LogP contribution in [0, 0.1) is 5.92 Å². The van der Waals surface area contributed by atoms with Crippen molar-refractivity contribution in [3.8, 4) is 0 Å². The van der Waals surface area contributed by atoms with E-state index >= 15 is 0 Å². The lowest BCUT2D eigenvalue weighted by Gasteiger charge is -2.49. The van der Waals surface area contributed by atoms with Gasteiger partial charge in [-0.3, -0.25) is 9.11 Å². The van der Waals surface area contributed by atoms with Gasteiger partial charge in [0.25, 0.3) is 20.2 Å². The molecule has 1 saturated heterocycles. The summed E-state index contributed by atoms with van der Waals surface area (Å²) in [5, 5.41) is 0. The summed E-state index contributed by atoms with van der Waals surface area (Å²) in [6.45, 7) is 3.74. The lowest BCUT2D eigenvalue weighted by molar-refractivity contribution is 0.102. The molecule has 0 aromatic heterocycles. The fourth-order valence-corrected chi connectivity index (χ4v) is 9.56. The second-order valence-electron chi connectivity index (χ2n) is 12.1. The molecule has 42 heavy (non-hydrogen) atoms. The Kier molecular flexibility index (Phi) is 5.80. The Morgan fingerprint density at radius 2 is 1.64 bits per heavy atom. The normalized spacial score (nSPS) is 26.9. The molecule has 2 atom stereocenters. The number of ether oxygens (including phenoxy) is 1. The number of fused-ring (bicyclic) bond motifs is 3. The van der Waals surface area contributed by atoms with E-state index in [0.717, 1.165) is 111 Å². The number of rotatable bonds is 3. The van der Waals surface area contributed by atoms with Crippen LogP contribution < -0.4 is 0 Å². The summed E-state index contributed by atoms with van der Waals surface area (Å²) in [5.74, 6) is 0.584. The van der Waals surface area contributed by atoms with Crippen molar-refractivity contribution in [3.63, 3.8) is 0 Å². The van der Waals surface area contributed by atoms with Gasteiger partial charge >= 0.3 is 0 Å². The summed E-state index contributed by atoms with van der Waals surface area (Å²) in [6.07, 6.45) is 12.7. The summed E-state index contributed by atoms with van der Waals surface area (Å²) in [4.78, 5) is 3.71. The zero-order valence-electron chi connectivity index (χ0n) is 23.0. The molecule has 1 aromatic carbocycles. The molecule has 1 fully saturated rings. The van der Waals surface area contributed by atoms with Gasteiger partial charge in [-0.05, 0) is 90.5 Å². The average molecular weight is 609 g/mol. The molecule has 9 nitrogen and oxygen atoms in total. The highest BCUT2D eigenvalue weighted by atomic mass is 32.2. The summed E-state index contributed by atoms with van der Waals surface area (Å²) in [6, 6.07) is 3.48. The Hall–Kier alpha value is -3.12. The smallest absolute Gasteiger partial charge is 0.295 e. The molecule has 2 unspecified atom stereocenters. The lowest BCUT2D eigenvalue weighted by atomic mass is 9.69. The molecule has 1 aromatic rings. The van der Waals surface area contributed by atoms with E-state index in [9.17, 15) is 25.9 Å². The zero-order valence-corrected chi connectivity index (χ0v) is 24.7. The monoisotopic (exact) mass is 608 g/mol. The predicted octanol–water partition coefficient (Wildman–Crippen LogP) is 4.61. The highest BCUT2D eigenvalue weighted by Crippen LogP contribution is 2.55. The molecule has 0 bridgehead atoms. The van der Waals surface area contributed by atoms with Crippen LogP contribution in [0.1, 0.15) is 50.5 Å². The first-order chi connectivity index (χ1) is 20.1. The highest BCUT2D eigenvalue weighted by molar-refractivity contribution is 7.86. The van der Waals surface area contributed by atoms with Gasteiger partial charge in [0.05, 0.1) is 4.90 Å². The molecule has 5 heterocycles. The molecule has 7 aliphatic rings. The quantitative estimate of drug-likeness (QED) is 0.474. The SMILES string of the molecule is O=S(=O)(O)c1ccc(C2=C3CCCN4CCCC(=C34)C3OC4=C5C=CCN6CCCC(=C56)CC4=CC23)c(S(=O)(=O)O)c1. The molecule has 0 saturated carbocycles. The Balaban J connectivity index is 1.39. The first kappa shape index (κ1) is 26.5. The molecule has 11 heteroatoms. The maximum absolute atomic E-state index is 12.8. The highest BCUT2D eigenvalue weighted by Gasteiger charge is 2.47. The minimum atomic E-state index is -4.84. The van der Waals surface area contributed by atoms with Crippen molar-refractivity contribution in [3.05, 3.63) is 87.0 Å². The van der Waals surface area contributed by atoms with Crippen LogP contribution in [0.4, 0.5) is 0 Å². The molecular formula is C31H32N2O7S2. The van der Waals surface area contributed by atoms with Crippen LogP contribution in [0.15, 0.2) is 91.2 Å². The molecule has 220 valence electrons. The Morgan fingerprint density at radius 3 is 2.43 bits per heavy atom. The van der Waals surface area contributed by atoms with Gasteiger partial charge in [-0.2, -0.15) is 16.8 Å². The van der Waals surface area contributed by atoms with Gasteiger partial charge in [-0.25, -0.2) is 0 Å². The van der Waals surface area contributed by atoms with Crippen molar-refractivity contribution < 1.29 is 30.7 Å². The van der Waals surface area contributed by atoms with E-state index in [1.165, 1.54) is 29.0 Å². The number of nitrogens with zero attached hydrogens (tertiary/aromatic N) is 2. The van der Waals surface area contributed by atoms with Gasteiger partial charge in [-0.1, -0.05) is 24.3 Å². The second kappa shape index (κ2) is 9.19. The maximum atomic E-state index is 12.8. The van der Waals surface area contributed by atoms with Crippen molar-refractivity contribution in [2.45, 2.75) is 60.8 Å². The van der Waals surface area contributed by atoms with E-state index in [1.54, 1.807) is 0 Å². The van der Waals surface area contributed by atoms with Gasteiger partial charge in [0, 0.05) is 49.1 Å². The number of hydrogen-bond acceptors (Lipinski definition) is 7. The van der Waals surface area contributed by atoms with Crippen molar-refractivity contribution in [1.29, 1.82) is 0 Å². The van der Waals surface area contributed by atoms with Crippen LogP contribution in [0.5, 0.6) is 0 Å². The third-order valence-electron chi connectivity index (χ3n) is 9.77. The second-order valence-corrected chi connectivity index (χ2v) is 15.0. The maximum Gasteiger partial charge on any atom is 0.295 e. The van der Waals surface area contributed by atoms with Crippen LogP contribution in [0.2, 0.25) is 0 Å². The first-order valence-corrected chi connectivity index (χ1v) is 17.5. The zero-order chi connectivity index (χ0) is 29.0. The van der Waals surface area contributed by atoms with Gasteiger partial charge in [-0.15, -0.1) is 0 Å². The third kappa shape index (κ3) is 3.93. The molecule has 2 N–H and O–H groups in total. The number of hydrogen-bond donors (Lipinski definition) is 2. The van der Waals surface area contributed by atoms with E-state index in [0.29, 0.717) is 0 Å². The van der Waals surface area contributed by atoms with Gasteiger partial charge in [0.15, 0.2) is 0 Å². The predicted molar refractivity (Wildman–Crippen MR) is 155 cm³/mol. The Labute approximate surface area is 245 Å². The minimum absolute atomic E-state index is 0.252. The fourth-order valence-electron chi connectivity index (χ4n) is 8.25. The largest absolute Gasteiger partial charge is 0.484 e. The van der Waals surface area contributed by atoms with Gasteiger partial charge in [0.2, 0.25) is 0 Å². The molecule has 0 spiro atoms. The summed E-state index contributed by atoms with van der Waals surface area (Å²) < 4.78 is 76.5. The van der Waals surface area contributed by atoms with Crippen molar-refractivity contribution >= 4 is 25.8 Å². The van der Waals surface area contributed by atoms with E-state index in [1.807, 2.05) is 0 Å². The molecule has 0 radical (unpaired) electrons. The van der Waals surface area contributed by atoms with Crippen LogP contribution in [0.25, 0.3) is 5.57 Å². The standard InChI is InChI=1S/C31H32N2O7S2/c34-41(35,36)20-9-10-21(26(17-20)42(37,38)39)27-22-6-2-13-33-14-4-8-24(29(22)33)31-25(27)16-19-15-18-5-1-11-32-12-3-7-23(28(18)32)30(19)40-31/h3,7,9-10,16-17,25,31H,1-2,4-6,8,11-15H2,(H,34,35,36)(H,37,38,39). The van der Waals surface area contributed by atoms with Crippen molar-refractivity contribution in [2.24, 2.45) is 5.92 Å². The molecular weight excluding hydrogens is 576 g/mol. The van der Waals surface area contributed by atoms with Crippen LogP contribution in [-0.4, -0.2) is 68.0 Å². The van der Waals surface area contributed by atoms with Crippen molar-refractivity contribution in [2.75, 3.05) is 26.2 Å². The number of allylic oxidation sites excluding steroid dienone is 4. The van der Waals surface area contributed by atoms with E-state index in [2.05, 4.69) is 28.0 Å². The lowest BCUT2D eigenvalue weighted by Crippen LogP contribution is -2.44. The summed E-state index contributed by atoms with van der Waals surface area (Å²) in [5.41, 5.74) is 9.31. The molecule has 2 aliphatic carbocycles. The summed E-state index contributed by atoms with van der Waals surface area (Å²) in [7, 11) is -9.54. The molecule has 8 rings (SSSR count). The first-order valence-electron chi connectivity index (χ1n) is 14.7. The topological polar surface area (TPSA) is 124 Å². The van der Waals surface area contributed by atoms with Crippen LogP contribution >= 0.6 is 0 Å². The Bertz CT molecular complexity index is 1860. The van der Waals surface area contributed by atoms with Crippen LogP contribution in [-0.2, 0) is 25.0 Å². The van der Waals surface area contributed by atoms with E-state index in [4.69, 9.17) is 4.74 Å². The van der Waals surface area contributed by atoms with Crippen LogP contribution in [0.3, 0.4) is 0 Å².